The third-order valence-electron chi connectivity index (χ3n) is 3.39. The van der Waals surface area contributed by atoms with E-state index in [9.17, 15) is 9.18 Å². The number of carbonyl (C=O) groups excluding carboxylic acids is 1. The number of hydrogen-bond donors (Lipinski definition) is 0. The van der Waals surface area contributed by atoms with Crippen molar-refractivity contribution in [3.05, 3.63) is 52.7 Å². The van der Waals surface area contributed by atoms with E-state index in [1.807, 2.05) is 6.92 Å². The maximum Gasteiger partial charge on any atom is 0.254 e. The van der Waals surface area contributed by atoms with Crippen molar-refractivity contribution in [1.29, 1.82) is 0 Å². The zero-order valence-electron chi connectivity index (χ0n) is 10.5. The molecule has 2 aromatic rings. The van der Waals surface area contributed by atoms with E-state index in [-0.39, 0.29) is 5.91 Å². The van der Waals surface area contributed by atoms with Gasteiger partial charge in [-0.3, -0.25) is 4.79 Å². The molecule has 0 radical (unpaired) electrons. The van der Waals surface area contributed by atoms with Gasteiger partial charge in [0.15, 0.2) is 5.76 Å². The Morgan fingerprint density at radius 3 is 3.11 bits per heavy atom. The zero-order chi connectivity index (χ0) is 13.4. The van der Waals surface area contributed by atoms with E-state index in [0.29, 0.717) is 18.7 Å². The van der Waals surface area contributed by atoms with E-state index in [1.54, 1.807) is 11.0 Å². The van der Waals surface area contributed by atoms with E-state index in [1.165, 1.54) is 18.2 Å². The van der Waals surface area contributed by atoms with Gasteiger partial charge in [0, 0.05) is 17.7 Å². The second-order valence-corrected chi connectivity index (χ2v) is 4.66. The number of carbonyl (C=O) groups is 1. The Morgan fingerprint density at radius 1 is 1.47 bits per heavy atom. The van der Waals surface area contributed by atoms with Gasteiger partial charge < -0.3 is 9.42 Å². The number of nitrogens with zero attached hydrogens (tertiary/aromatic N) is 2. The highest BCUT2D eigenvalue weighted by atomic mass is 19.1. The summed E-state index contributed by atoms with van der Waals surface area (Å²) < 4.78 is 18.3. The summed E-state index contributed by atoms with van der Waals surface area (Å²) in [6.45, 7) is 2.89. The van der Waals surface area contributed by atoms with Crippen molar-refractivity contribution in [3.63, 3.8) is 0 Å². The summed E-state index contributed by atoms with van der Waals surface area (Å²) in [6, 6.07) is 5.73. The lowest BCUT2D eigenvalue weighted by atomic mass is 10.0. The Morgan fingerprint density at radius 2 is 2.32 bits per heavy atom. The standard InChI is InChI=1S/C14H13FN2O2/c1-9-12-5-6-17(8-13(12)19-16-9)14(18)10-3-2-4-11(15)7-10/h2-4,7H,5-6,8H2,1H3. The van der Waals surface area contributed by atoms with Crippen molar-refractivity contribution in [2.45, 2.75) is 19.9 Å². The summed E-state index contributed by atoms with van der Waals surface area (Å²) in [6.07, 6.45) is 0.728. The molecule has 0 spiro atoms. The second kappa shape index (κ2) is 4.50. The van der Waals surface area contributed by atoms with Crippen LogP contribution in [0.3, 0.4) is 0 Å². The minimum absolute atomic E-state index is 0.181. The van der Waals surface area contributed by atoms with Crippen LogP contribution in [0.15, 0.2) is 28.8 Å². The molecular weight excluding hydrogens is 247 g/mol. The first-order valence-corrected chi connectivity index (χ1v) is 6.14. The summed E-state index contributed by atoms with van der Waals surface area (Å²) in [5.74, 6) is 0.145. The molecule has 5 heteroatoms. The molecule has 1 aliphatic rings. The number of benzene rings is 1. The number of halogens is 1. The van der Waals surface area contributed by atoms with Crippen molar-refractivity contribution >= 4 is 5.91 Å². The van der Waals surface area contributed by atoms with Gasteiger partial charge in [0.25, 0.3) is 5.91 Å². The fraction of sp³-hybridized carbons (Fsp3) is 0.286. The molecule has 0 saturated heterocycles. The molecule has 2 heterocycles. The lowest BCUT2D eigenvalue weighted by Crippen LogP contribution is -2.35. The molecule has 0 aliphatic carbocycles. The van der Waals surface area contributed by atoms with Crippen molar-refractivity contribution in [2.24, 2.45) is 0 Å². The lowest BCUT2D eigenvalue weighted by Gasteiger charge is -2.25. The molecular formula is C14H13FN2O2. The topological polar surface area (TPSA) is 46.3 Å². The predicted molar refractivity (Wildman–Crippen MR) is 66.1 cm³/mol. The van der Waals surface area contributed by atoms with E-state index >= 15 is 0 Å². The molecule has 1 aromatic heterocycles. The average molecular weight is 260 g/mol. The highest BCUT2D eigenvalue weighted by Crippen LogP contribution is 2.23. The second-order valence-electron chi connectivity index (χ2n) is 4.66. The van der Waals surface area contributed by atoms with Crippen LogP contribution in [0, 0.1) is 12.7 Å². The monoisotopic (exact) mass is 260 g/mol. The summed E-state index contributed by atoms with van der Waals surface area (Å²) in [5.41, 5.74) is 2.33. The van der Waals surface area contributed by atoms with Crippen molar-refractivity contribution in [3.8, 4) is 0 Å². The SMILES string of the molecule is Cc1noc2c1CCN(C(=O)c1cccc(F)c1)C2. The van der Waals surface area contributed by atoms with Gasteiger partial charge in [-0.2, -0.15) is 0 Å². The van der Waals surface area contributed by atoms with Gasteiger partial charge in [-0.25, -0.2) is 4.39 Å². The third kappa shape index (κ3) is 2.12. The molecule has 3 rings (SSSR count). The smallest absolute Gasteiger partial charge is 0.254 e. The Hall–Kier alpha value is -2.17. The molecule has 0 bridgehead atoms. The molecule has 0 atom stereocenters. The molecule has 0 N–H and O–H groups in total. The number of aryl methyl sites for hydroxylation is 1. The first kappa shape index (κ1) is 11.9. The molecule has 0 unspecified atom stereocenters. The van der Waals surface area contributed by atoms with Crippen LogP contribution in [-0.2, 0) is 13.0 Å². The van der Waals surface area contributed by atoms with Crippen LogP contribution in [-0.4, -0.2) is 22.5 Å². The Labute approximate surface area is 109 Å². The van der Waals surface area contributed by atoms with Gasteiger partial charge in [-0.15, -0.1) is 0 Å². The van der Waals surface area contributed by atoms with Crippen LogP contribution in [0.1, 0.15) is 27.4 Å². The van der Waals surface area contributed by atoms with Gasteiger partial charge in [-0.1, -0.05) is 11.2 Å². The third-order valence-corrected chi connectivity index (χ3v) is 3.39. The van der Waals surface area contributed by atoms with E-state index < -0.39 is 5.82 Å². The van der Waals surface area contributed by atoms with Crippen molar-refractivity contribution in [1.82, 2.24) is 10.1 Å². The Kier molecular flexibility index (Phi) is 2.81. The highest BCUT2D eigenvalue weighted by Gasteiger charge is 2.26. The minimum atomic E-state index is -0.404. The fourth-order valence-corrected chi connectivity index (χ4v) is 2.36. The molecule has 0 saturated carbocycles. The number of aromatic nitrogens is 1. The largest absolute Gasteiger partial charge is 0.359 e. The maximum atomic E-state index is 13.1. The fourth-order valence-electron chi connectivity index (χ4n) is 2.36. The van der Waals surface area contributed by atoms with Crippen LogP contribution in [0.5, 0.6) is 0 Å². The quantitative estimate of drug-likeness (QED) is 0.790. The highest BCUT2D eigenvalue weighted by molar-refractivity contribution is 5.94. The molecule has 4 nitrogen and oxygen atoms in total. The number of hydrogen-bond acceptors (Lipinski definition) is 3. The van der Waals surface area contributed by atoms with Gasteiger partial charge >= 0.3 is 0 Å². The van der Waals surface area contributed by atoms with Gasteiger partial charge in [0.1, 0.15) is 5.82 Å². The van der Waals surface area contributed by atoms with Crippen LogP contribution in [0.2, 0.25) is 0 Å². The van der Waals surface area contributed by atoms with Crippen LogP contribution in [0.4, 0.5) is 4.39 Å². The van der Waals surface area contributed by atoms with Gasteiger partial charge in [-0.05, 0) is 31.5 Å². The Bertz CT molecular complexity index is 636. The molecule has 1 amide bonds. The van der Waals surface area contributed by atoms with E-state index in [2.05, 4.69) is 5.16 Å². The minimum Gasteiger partial charge on any atom is -0.359 e. The van der Waals surface area contributed by atoms with Gasteiger partial charge in [0.2, 0.25) is 0 Å². The van der Waals surface area contributed by atoms with Crippen LogP contribution < -0.4 is 0 Å². The lowest BCUT2D eigenvalue weighted by molar-refractivity contribution is 0.0715. The summed E-state index contributed by atoms with van der Waals surface area (Å²) in [5, 5.41) is 3.91. The average Bonchev–Trinajstić information content (AvgIpc) is 2.79. The number of amides is 1. The Balaban J connectivity index is 1.83. The van der Waals surface area contributed by atoms with E-state index in [0.717, 1.165) is 23.4 Å². The van der Waals surface area contributed by atoms with E-state index in [4.69, 9.17) is 4.52 Å². The summed E-state index contributed by atoms with van der Waals surface area (Å²) in [4.78, 5) is 13.9. The van der Waals surface area contributed by atoms with Gasteiger partial charge in [0.05, 0.1) is 12.2 Å². The first-order valence-electron chi connectivity index (χ1n) is 6.14. The summed E-state index contributed by atoms with van der Waals surface area (Å²) in [7, 11) is 0. The predicted octanol–water partition coefficient (Wildman–Crippen LogP) is 2.32. The number of rotatable bonds is 1. The molecule has 19 heavy (non-hydrogen) atoms. The van der Waals surface area contributed by atoms with Crippen molar-refractivity contribution < 1.29 is 13.7 Å². The number of fused-ring (bicyclic) bond motifs is 1. The molecule has 1 aromatic carbocycles. The normalized spacial score (nSPS) is 14.3. The maximum absolute atomic E-state index is 13.1. The van der Waals surface area contributed by atoms with Crippen LogP contribution in [0.25, 0.3) is 0 Å². The molecule has 1 aliphatic heterocycles. The summed E-state index contributed by atoms with van der Waals surface area (Å²) >= 11 is 0. The first-order chi connectivity index (χ1) is 9.15. The van der Waals surface area contributed by atoms with Crippen LogP contribution >= 0.6 is 0 Å². The molecule has 0 fully saturated rings. The molecule has 98 valence electrons. The zero-order valence-corrected chi connectivity index (χ0v) is 10.5. The van der Waals surface area contributed by atoms with Crippen molar-refractivity contribution in [2.75, 3.05) is 6.54 Å².